The van der Waals surface area contributed by atoms with Crippen LogP contribution in [0.25, 0.3) is 0 Å². The molecule has 4 atom stereocenters. The molecule has 0 spiro atoms. The molecule has 4 rings (SSSR count). The molecule has 0 unspecified atom stereocenters. The van der Waals surface area contributed by atoms with Crippen LogP contribution >= 0.6 is 0 Å². The lowest BCUT2D eigenvalue weighted by Gasteiger charge is -2.32. The van der Waals surface area contributed by atoms with E-state index in [-0.39, 0.29) is 11.3 Å². The molecule has 6 nitrogen and oxygen atoms in total. The first-order valence-electron chi connectivity index (χ1n) is 12.2. The van der Waals surface area contributed by atoms with Crippen LogP contribution in [0.15, 0.2) is 30.5 Å². The number of amides is 1. The van der Waals surface area contributed by atoms with Crippen LogP contribution in [0.3, 0.4) is 0 Å². The number of piperidine rings is 1. The van der Waals surface area contributed by atoms with Gasteiger partial charge in [-0.05, 0) is 63.4 Å². The maximum absolute atomic E-state index is 14.5. The largest absolute Gasteiger partial charge is 0.493 e. The number of alkyl halides is 3. The molecule has 2 aromatic rings. The highest BCUT2D eigenvalue weighted by molar-refractivity contribution is 5.95. The lowest BCUT2D eigenvalue weighted by molar-refractivity contribution is -0.272. The van der Waals surface area contributed by atoms with E-state index in [4.69, 9.17) is 9.47 Å². The molecule has 2 aliphatic rings. The Morgan fingerprint density at radius 2 is 1.92 bits per heavy atom. The zero-order valence-electron chi connectivity index (χ0n) is 20.8. The number of nitrogens with one attached hydrogen (secondary N) is 2. The minimum atomic E-state index is -4.83. The van der Waals surface area contributed by atoms with Crippen molar-refractivity contribution >= 4 is 11.6 Å². The minimum Gasteiger partial charge on any atom is -0.493 e. The number of rotatable bonds is 6. The number of ether oxygens (including phenoxy) is 2. The first-order chi connectivity index (χ1) is 17.5. The van der Waals surface area contributed by atoms with Crippen molar-refractivity contribution in [2.75, 3.05) is 25.5 Å². The molecule has 37 heavy (non-hydrogen) atoms. The molecule has 0 radical (unpaired) electrons. The normalized spacial score (nSPS) is 26.8. The second kappa shape index (κ2) is 10.5. The monoisotopic (exact) mass is 527 g/mol. The van der Waals surface area contributed by atoms with Crippen molar-refractivity contribution in [3.8, 4) is 5.75 Å². The molecular weight excluding hydrogens is 497 g/mol. The summed E-state index contributed by atoms with van der Waals surface area (Å²) in [4.78, 5) is 17.7. The van der Waals surface area contributed by atoms with Gasteiger partial charge >= 0.3 is 6.18 Å². The van der Waals surface area contributed by atoms with E-state index in [9.17, 15) is 26.7 Å². The highest BCUT2D eigenvalue weighted by Crippen LogP contribution is 2.55. The zero-order chi connectivity index (χ0) is 27.0. The summed E-state index contributed by atoms with van der Waals surface area (Å²) in [7, 11) is 1.08. The van der Waals surface area contributed by atoms with Crippen molar-refractivity contribution in [3.63, 3.8) is 0 Å². The fourth-order valence-electron chi connectivity index (χ4n) is 5.25. The summed E-state index contributed by atoms with van der Waals surface area (Å²) in [5, 5.41) is 5.88. The Balaban J connectivity index is 1.60. The molecule has 0 bridgehead atoms. The zero-order valence-corrected chi connectivity index (χ0v) is 20.8. The van der Waals surface area contributed by atoms with E-state index in [1.54, 1.807) is 12.1 Å². The summed E-state index contributed by atoms with van der Waals surface area (Å²) in [5.41, 5.74) is -1.67. The van der Waals surface area contributed by atoms with Crippen LogP contribution in [-0.4, -0.2) is 49.0 Å². The number of anilines is 1. The third kappa shape index (κ3) is 5.29. The van der Waals surface area contributed by atoms with E-state index in [2.05, 4.69) is 15.6 Å². The van der Waals surface area contributed by atoms with Crippen LogP contribution in [-0.2, 0) is 16.0 Å². The van der Waals surface area contributed by atoms with Crippen LogP contribution in [0, 0.1) is 23.5 Å². The van der Waals surface area contributed by atoms with Crippen molar-refractivity contribution in [1.29, 1.82) is 0 Å². The van der Waals surface area contributed by atoms with E-state index in [0.29, 0.717) is 5.92 Å². The highest BCUT2D eigenvalue weighted by atomic mass is 19.4. The number of halogens is 5. The van der Waals surface area contributed by atoms with Gasteiger partial charge in [0.2, 0.25) is 5.82 Å². The van der Waals surface area contributed by atoms with Crippen molar-refractivity contribution in [2.45, 2.75) is 56.9 Å². The molecule has 2 aliphatic heterocycles. The molecule has 3 heterocycles. The van der Waals surface area contributed by atoms with Crippen LogP contribution in [0.2, 0.25) is 0 Å². The summed E-state index contributed by atoms with van der Waals surface area (Å²) in [6.07, 6.45) is -2.16. The summed E-state index contributed by atoms with van der Waals surface area (Å²) >= 11 is 0. The fourth-order valence-corrected chi connectivity index (χ4v) is 5.25. The Bertz CT molecular complexity index is 1120. The van der Waals surface area contributed by atoms with Gasteiger partial charge < -0.3 is 20.1 Å². The quantitative estimate of drug-likeness (QED) is 0.518. The Kier molecular flexibility index (Phi) is 7.75. The Labute approximate surface area is 211 Å². The van der Waals surface area contributed by atoms with Crippen LogP contribution in [0.4, 0.5) is 27.6 Å². The molecule has 2 N–H and O–H groups in total. The molecular formula is C26H30F5N3O3. The van der Waals surface area contributed by atoms with E-state index in [1.165, 1.54) is 13.1 Å². The summed E-state index contributed by atoms with van der Waals surface area (Å²) < 4.78 is 80.9. The number of hydrogen-bond donors (Lipinski definition) is 2. The van der Waals surface area contributed by atoms with Crippen molar-refractivity contribution < 1.29 is 36.2 Å². The second-order valence-corrected chi connectivity index (χ2v) is 9.87. The van der Waals surface area contributed by atoms with E-state index < -0.39 is 53.0 Å². The van der Waals surface area contributed by atoms with Crippen LogP contribution in [0.1, 0.15) is 43.9 Å². The minimum absolute atomic E-state index is 0.0857. The van der Waals surface area contributed by atoms with Gasteiger partial charge in [-0.2, -0.15) is 17.6 Å². The Morgan fingerprint density at radius 3 is 2.51 bits per heavy atom. The third-order valence-electron chi connectivity index (χ3n) is 7.62. The Hall–Kier alpha value is -2.79. The van der Waals surface area contributed by atoms with Gasteiger partial charge in [0.25, 0.3) is 5.91 Å². The lowest BCUT2D eigenvalue weighted by atomic mass is 9.77. The molecule has 0 saturated carbocycles. The SMILES string of the molecule is COc1c([C@H]2[C@H](C(=O)Nc3ccc(CC4CCNCC4)nc3)O[C@@](C)(C(F)(F)F)[C@H]2C)ccc(F)c1F. The highest BCUT2D eigenvalue weighted by Gasteiger charge is 2.65. The number of carbonyl (C=O) groups is 1. The second-order valence-electron chi connectivity index (χ2n) is 9.87. The van der Waals surface area contributed by atoms with E-state index in [1.807, 2.05) is 0 Å². The van der Waals surface area contributed by atoms with Crippen LogP contribution < -0.4 is 15.4 Å². The number of benzene rings is 1. The number of hydrogen-bond acceptors (Lipinski definition) is 5. The van der Waals surface area contributed by atoms with Crippen molar-refractivity contribution in [2.24, 2.45) is 11.8 Å². The maximum atomic E-state index is 14.5. The average molecular weight is 528 g/mol. The molecule has 1 aromatic carbocycles. The van der Waals surface area contributed by atoms with Gasteiger partial charge in [0.1, 0.15) is 6.10 Å². The predicted octanol–water partition coefficient (Wildman–Crippen LogP) is 4.99. The molecule has 0 aliphatic carbocycles. The summed E-state index contributed by atoms with van der Waals surface area (Å²) in [5.74, 6) is -6.08. The standard InChI is InChI=1S/C26H30F5N3O3/c1-14-20(18-6-7-19(27)21(28)22(18)36-3)23(37-25(14,2)26(29,30)31)24(35)34-17-5-4-16(33-13-17)12-15-8-10-32-11-9-15/h4-7,13-15,20,23,32H,8-12H2,1-3H3,(H,34,35)/t14-,20-,23+,25+/m0/s1. The average Bonchev–Trinajstić information content (AvgIpc) is 3.14. The number of nitrogens with zero attached hydrogens (tertiary/aromatic N) is 1. The fraction of sp³-hybridized carbons (Fsp3) is 0.538. The number of carbonyl (C=O) groups excluding carboxylic acids is 1. The van der Waals surface area contributed by atoms with E-state index >= 15 is 0 Å². The van der Waals surface area contributed by atoms with Gasteiger partial charge in [0.15, 0.2) is 17.2 Å². The lowest BCUT2D eigenvalue weighted by Crippen LogP contribution is -2.47. The smallest absolute Gasteiger partial charge is 0.417 e. The molecule has 1 aromatic heterocycles. The molecule has 2 fully saturated rings. The van der Waals surface area contributed by atoms with Crippen molar-refractivity contribution in [1.82, 2.24) is 10.3 Å². The van der Waals surface area contributed by atoms with Gasteiger partial charge in [0.05, 0.1) is 19.0 Å². The molecule has 2 saturated heterocycles. The van der Waals surface area contributed by atoms with Gasteiger partial charge in [0, 0.05) is 23.1 Å². The maximum Gasteiger partial charge on any atom is 0.417 e. The van der Waals surface area contributed by atoms with Gasteiger partial charge in [-0.1, -0.05) is 13.0 Å². The van der Waals surface area contributed by atoms with E-state index in [0.717, 1.165) is 64.2 Å². The van der Waals surface area contributed by atoms with Gasteiger partial charge in [-0.25, -0.2) is 4.39 Å². The predicted molar refractivity (Wildman–Crippen MR) is 126 cm³/mol. The van der Waals surface area contributed by atoms with Crippen molar-refractivity contribution in [3.05, 3.63) is 53.4 Å². The van der Waals surface area contributed by atoms with Gasteiger partial charge in [-0.3, -0.25) is 9.78 Å². The Morgan fingerprint density at radius 1 is 1.22 bits per heavy atom. The first-order valence-corrected chi connectivity index (χ1v) is 12.2. The number of methoxy groups -OCH3 is 1. The number of pyridine rings is 1. The summed E-state index contributed by atoms with van der Waals surface area (Å²) in [6.45, 7) is 4.03. The summed E-state index contributed by atoms with van der Waals surface area (Å²) in [6, 6.07) is 5.33. The molecule has 202 valence electrons. The van der Waals surface area contributed by atoms with Gasteiger partial charge in [-0.15, -0.1) is 0 Å². The number of aromatic nitrogens is 1. The first kappa shape index (κ1) is 27.3. The van der Waals surface area contributed by atoms with Crippen LogP contribution in [0.5, 0.6) is 5.75 Å². The molecule has 11 heteroatoms. The topological polar surface area (TPSA) is 72.5 Å². The molecule has 1 amide bonds. The third-order valence-corrected chi connectivity index (χ3v) is 7.62.